The van der Waals surface area contributed by atoms with Gasteiger partial charge in [-0.2, -0.15) is 13.2 Å². The van der Waals surface area contributed by atoms with Gasteiger partial charge in [-0.15, -0.1) is 0 Å². The average molecular weight is 403 g/mol. The van der Waals surface area contributed by atoms with Gasteiger partial charge in [-0.1, -0.05) is 18.5 Å². The van der Waals surface area contributed by atoms with Crippen molar-refractivity contribution in [2.75, 3.05) is 29.4 Å². The van der Waals surface area contributed by atoms with Crippen LogP contribution in [-0.4, -0.2) is 48.4 Å². The first kappa shape index (κ1) is 21.9. The van der Waals surface area contributed by atoms with Crippen LogP contribution < -0.4 is 9.80 Å². The molecule has 0 aliphatic carbocycles. The highest BCUT2D eigenvalue weighted by molar-refractivity contribution is 6.31. The van der Waals surface area contributed by atoms with Crippen molar-refractivity contribution in [2.24, 2.45) is 0 Å². The molecule has 1 aromatic rings. The van der Waals surface area contributed by atoms with Crippen molar-refractivity contribution in [3.63, 3.8) is 0 Å². The van der Waals surface area contributed by atoms with E-state index in [4.69, 9.17) is 21.5 Å². The Morgan fingerprint density at radius 2 is 1.85 bits per heavy atom. The molecule has 11 heteroatoms. The highest BCUT2D eigenvalue weighted by Gasteiger charge is 2.38. The summed E-state index contributed by atoms with van der Waals surface area (Å²) in [5.41, 5.74) is -0.984. The number of benzene rings is 1. The second-order valence-corrected chi connectivity index (χ2v) is 5.60. The maximum absolute atomic E-state index is 13.4. The lowest BCUT2D eigenvalue weighted by atomic mass is 10.1. The first-order chi connectivity index (χ1) is 12.0. The molecular formula is C15H16ClF5N2O3. The summed E-state index contributed by atoms with van der Waals surface area (Å²) in [6.07, 6.45) is -4.15. The van der Waals surface area contributed by atoms with Crippen LogP contribution in [-0.2, 0) is 9.59 Å². The molecule has 0 fully saturated rings. The summed E-state index contributed by atoms with van der Waals surface area (Å²) in [5, 5.41) is 7.12. The Morgan fingerprint density at radius 1 is 1.27 bits per heavy atom. The fraction of sp³-hybridized carbons (Fsp3) is 0.467. The van der Waals surface area contributed by atoms with Crippen LogP contribution >= 0.6 is 11.6 Å². The van der Waals surface area contributed by atoms with E-state index in [2.05, 4.69) is 4.90 Å². The van der Waals surface area contributed by atoms with Gasteiger partial charge in [-0.05, 0) is 24.6 Å². The van der Waals surface area contributed by atoms with Gasteiger partial charge in [0.05, 0.1) is 11.4 Å². The molecule has 0 spiro atoms. The molecule has 1 aliphatic heterocycles. The average Bonchev–Trinajstić information content (AvgIpc) is 2.54. The van der Waals surface area contributed by atoms with E-state index in [9.17, 15) is 26.7 Å². The largest absolute Gasteiger partial charge is 0.490 e. The molecule has 0 bridgehead atoms. The second-order valence-electron chi connectivity index (χ2n) is 5.21. The number of aliphatic carboxylic acids is 1. The van der Waals surface area contributed by atoms with E-state index in [0.717, 1.165) is 18.7 Å². The monoisotopic (exact) mass is 402 g/mol. The lowest BCUT2D eigenvalue weighted by Crippen LogP contribution is -2.46. The van der Waals surface area contributed by atoms with Crippen molar-refractivity contribution in [2.45, 2.75) is 25.2 Å². The molecule has 2 rings (SSSR count). The number of carboxylic acids is 1. The minimum absolute atomic E-state index is 0.308. The fourth-order valence-electron chi connectivity index (χ4n) is 2.29. The molecular weight excluding hydrogens is 387 g/mol. The Labute approximate surface area is 150 Å². The minimum atomic E-state index is -5.08. The molecule has 1 heterocycles. The number of hydrogen-bond donors (Lipinski definition) is 1. The van der Waals surface area contributed by atoms with Crippen molar-refractivity contribution >= 4 is 34.9 Å². The lowest BCUT2D eigenvalue weighted by Gasteiger charge is -2.37. The van der Waals surface area contributed by atoms with E-state index in [1.165, 1.54) is 17.0 Å². The lowest BCUT2D eigenvalue weighted by molar-refractivity contribution is -0.192. The van der Waals surface area contributed by atoms with E-state index in [0.29, 0.717) is 18.8 Å². The van der Waals surface area contributed by atoms with E-state index >= 15 is 0 Å². The van der Waals surface area contributed by atoms with Gasteiger partial charge in [0.2, 0.25) is 0 Å². The number of carboxylic acid groups (broad SMARTS) is 1. The molecule has 146 valence electrons. The number of fused-ring (bicyclic) bond motifs is 1. The summed E-state index contributed by atoms with van der Waals surface area (Å²) in [7, 11) is 0. The number of nitrogens with zero attached hydrogens (tertiary/aromatic N) is 2. The standard InChI is InChI=1S/C13H15ClF2N2O.C2HF3O2/c1-2-5-17-6-7-18(13(19)12(14)16)11-8-9(15)3-4-10(11)17;3-2(4,5)1(6)7/h3-4,8,12H,2,5-7H2,1H3;(H,6,7). The summed E-state index contributed by atoms with van der Waals surface area (Å²) in [6.45, 7) is 3.74. The van der Waals surface area contributed by atoms with Crippen LogP contribution in [0.15, 0.2) is 18.2 Å². The molecule has 0 saturated heterocycles. The number of rotatable bonds is 3. The smallest absolute Gasteiger partial charge is 0.475 e. The van der Waals surface area contributed by atoms with E-state index in [1.54, 1.807) is 6.07 Å². The third-order valence-corrected chi connectivity index (χ3v) is 3.54. The topological polar surface area (TPSA) is 60.9 Å². The predicted octanol–water partition coefficient (Wildman–Crippen LogP) is 3.56. The van der Waals surface area contributed by atoms with Gasteiger partial charge < -0.3 is 14.9 Å². The van der Waals surface area contributed by atoms with Gasteiger partial charge in [-0.25, -0.2) is 13.6 Å². The Bertz CT molecular complexity index is 655. The number of hydrogen-bond acceptors (Lipinski definition) is 3. The zero-order chi connectivity index (χ0) is 20.1. The number of carbonyl (C=O) groups excluding carboxylic acids is 1. The number of halogens is 6. The van der Waals surface area contributed by atoms with E-state index in [1.807, 2.05) is 6.92 Å². The quantitative estimate of drug-likeness (QED) is 0.620. The first-order valence-electron chi connectivity index (χ1n) is 7.43. The summed E-state index contributed by atoms with van der Waals surface area (Å²) < 4.78 is 58.1. The summed E-state index contributed by atoms with van der Waals surface area (Å²) >= 11 is 5.20. The summed E-state index contributed by atoms with van der Waals surface area (Å²) in [4.78, 5) is 23.9. The first-order valence-corrected chi connectivity index (χ1v) is 7.86. The zero-order valence-corrected chi connectivity index (χ0v) is 14.3. The number of amides is 1. The van der Waals surface area contributed by atoms with Gasteiger partial charge in [0, 0.05) is 19.6 Å². The molecule has 1 aromatic carbocycles. The van der Waals surface area contributed by atoms with Crippen LogP contribution in [0.1, 0.15) is 13.3 Å². The highest BCUT2D eigenvalue weighted by atomic mass is 35.5. The van der Waals surface area contributed by atoms with Crippen LogP contribution in [0.4, 0.5) is 33.3 Å². The van der Waals surface area contributed by atoms with Crippen LogP contribution in [0.2, 0.25) is 0 Å². The van der Waals surface area contributed by atoms with Crippen LogP contribution in [0.25, 0.3) is 0 Å². The van der Waals surface area contributed by atoms with Gasteiger partial charge in [0.1, 0.15) is 5.82 Å². The number of anilines is 2. The molecule has 1 unspecified atom stereocenters. The van der Waals surface area contributed by atoms with E-state index in [-0.39, 0.29) is 0 Å². The molecule has 0 saturated carbocycles. The SMILES string of the molecule is CCCN1CCN(C(=O)C(F)Cl)c2cc(F)ccc21.O=C(O)C(F)(F)F. The van der Waals surface area contributed by atoms with Crippen molar-refractivity contribution in [1.29, 1.82) is 0 Å². The normalized spacial score (nSPS) is 14.9. The van der Waals surface area contributed by atoms with Crippen LogP contribution in [0.3, 0.4) is 0 Å². The number of carbonyl (C=O) groups is 2. The highest BCUT2D eigenvalue weighted by Crippen LogP contribution is 2.34. The van der Waals surface area contributed by atoms with Gasteiger partial charge in [0.25, 0.3) is 11.5 Å². The summed E-state index contributed by atoms with van der Waals surface area (Å²) in [6, 6.07) is 4.19. The minimum Gasteiger partial charge on any atom is -0.475 e. The Morgan fingerprint density at radius 3 is 2.31 bits per heavy atom. The Kier molecular flexibility index (Phi) is 7.61. The molecule has 0 radical (unpaired) electrons. The van der Waals surface area contributed by atoms with Gasteiger partial charge in [0.15, 0.2) is 0 Å². The van der Waals surface area contributed by atoms with Gasteiger partial charge in [-0.3, -0.25) is 4.79 Å². The predicted molar refractivity (Wildman–Crippen MR) is 85.7 cm³/mol. The Hall–Kier alpha value is -2.10. The third kappa shape index (κ3) is 5.72. The molecule has 1 aliphatic rings. The molecule has 1 atom stereocenters. The van der Waals surface area contributed by atoms with Crippen molar-refractivity contribution in [3.8, 4) is 0 Å². The maximum atomic E-state index is 13.4. The molecule has 26 heavy (non-hydrogen) atoms. The zero-order valence-electron chi connectivity index (χ0n) is 13.6. The van der Waals surface area contributed by atoms with Crippen molar-refractivity contribution in [3.05, 3.63) is 24.0 Å². The molecule has 1 amide bonds. The molecule has 1 N–H and O–H groups in total. The van der Waals surface area contributed by atoms with E-state index < -0.39 is 29.5 Å². The fourth-order valence-corrected chi connectivity index (χ4v) is 2.41. The van der Waals surface area contributed by atoms with Crippen LogP contribution in [0, 0.1) is 5.82 Å². The van der Waals surface area contributed by atoms with Crippen LogP contribution in [0.5, 0.6) is 0 Å². The second kappa shape index (κ2) is 9.02. The molecule has 0 aromatic heterocycles. The van der Waals surface area contributed by atoms with Crippen molar-refractivity contribution in [1.82, 2.24) is 0 Å². The third-order valence-electron chi connectivity index (χ3n) is 3.35. The maximum Gasteiger partial charge on any atom is 0.490 e. The van der Waals surface area contributed by atoms with Gasteiger partial charge >= 0.3 is 12.1 Å². The summed E-state index contributed by atoms with van der Waals surface area (Å²) in [5.74, 6) is -4.06. The van der Waals surface area contributed by atoms with Crippen molar-refractivity contribution < 1.29 is 36.6 Å². The Balaban J connectivity index is 0.000000412. The number of alkyl halides is 5. The molecule has 5 nitrogen and oxygen atoms in total.